The predicted octanol–water partition coefficient (Wildman–Crippen LogP) is 2.45. The van der Waals surface area contributed by atoms with Gasteiger partial charge < -0.3 is 14.2 Å². The van der Waals surface area contributed by atoms with E-state index >= 15 is 0 Å². The lowest BCUT2D eigenvalue weighted by Crippen LogP contribution is -2.22. The fourth-order valence-electron chi connectivity index (χ4n) is 1.23. The third-order valence-corrected chi connectivity index (χ3v) is 2.08. The van der Waals surface area contributed by atoms with Crippen LogP contribution in [0.1, 0.15) is 33.1 Å². The van der Waals surface area contributed by atoms with Crippen LogP contribution >= 0.6 is 0 Å². The Hall–Kier alpha value is -0.120. The van der Waals surface area contributed by atoms with Crippen molar-refractivity contribution in [1.29, 1.82) is 0 Å². The van der Waals surface area contributed by atoms with Gasteiger partial charge in [-0.25, -0.2) is 0 Å². The molecule has 0 aliphatic carbocycles. The molecule has 0 bridgehead atoms. The Bertz CT molecular complexity index is 117. The average Bonchev–Trinajstić information content (AvgIpc) is 2.25. The number of unbranched alkanes of at least 4 members (excludes halogenated alkanes) is 1. The van der Waals surface area contributed by atoms with Gasteiger partial charge >= 0.3 is 0 Å². The third kappa shape index (κ3) is 10.2. The quantitative estimate of drug-likeness (QED) is 0.498. The summed E-state index contributed by atoms with van der Waals surface area (Å²) in [6.45, 7) is 11.2. The van der Waals surface area contributed by atoms with Gasteiger partial charge in [-0.2, -0.15) is 0 Å². The molecule has 0 spiro atoms. The van der Waals surface area contributed by atoms with Crippen molar-refractivity contribution in [3.63, 3.8) is 0 Å². The van der Waals surface area contributed by atoms with Crippen molar-refractivity contribution < 1.29 is 14.2 Å². The zero-order valence-electron chi connectivity index (χ0n) is 10.2. The highest BCUT2D eigenvalue weighted by Gasteiger charge is 2.07. The van der Waals surface area contributed by atoms with Crippen molar-refractivity contribution in [2.75, 3.05) is 33.0 Å². The molecule has 0 aromatic heterocycles. The molecule has 0 saturated carbocycles. The first-order valence-electron chi connectivity index (χ1n) is 5.91. The summed E-state index contributed by atoms with van der Waals surface area (Å²) in [6, 6.07) is 0. The zero-order valence-corrected chi connectivity index (χ0v) is 10.2. The molecule has 0 amide bonds. The van der Waals surface area contributed by atoms with E-state index in [1.807, 2.05) is 6.92 Å². The summed E-state index contributed by atoms with van der Waals surface area (Å²) < 4.78 is 16.2. The number of hydrogen-bond acceptors (Lipinski definition) is 3. The fourth-order valence-corrected chi connectivity index (χ4v) is 1.23. The Morgan fingerprint density at radius 2 is 1.93 bits per heavy atom. The summed E-state index contributed by atoms with van der Waals surface area (Å²) in [5.74, 6) is 0. The van der Waals surface area contributed by atoms with Crippen molar-refractivity contribution >= 4 is 0 Å². The Morgan fingerprint density at radius 3 is 2.53 bits per heavy atom. The lowest BCUT2D eigenvalue weighted by molar-refractivity contribution is -0.0237. The Morgan fingerprint density at radius 1 is 1.13 bits per heavy atom. The van der Waals surface area contributed by atoms with Crippen molar-refractivity contribution in [3.05, 3.63) is 6.92 Å². The molecule has 0 saturated heterocycles. The van der Waals surface area contributed by atoms with Gasteiger partial charge in [0.25, 0.3) is 0 Å². The SMILES string of the molecule is [CH2]COCC(CCOCCCC)OCC. The molecular formula is C12H25O3. The molecule has 0 rings (SSSR count). The standard InChI is InChI=1S/C12H25O3/c1-4-7-9-14-10-8-12(15-6-3)11-13-5-2/h12H,2,4-11H2,1,3H3. The van der Waals surface area contributed by atoms with Crippen LogP contribution in [0.15, 0.2) is 0 Å². The van der Waals surface area contributed by atoms with Crippen molar-refractivity contribution in [2.24, 2.45) is 0 Å². The van der Waals surface area contributed by atoms with Crippen LogP contribution in [-0.2, 0) is 14.2 Å². The van der Waals surface area contributed by atoms with Gasteiger partial charge in [-0.15, -0.1) is 0 Å². The number of ether oxygens (including phenoxy) is 3. The van der Waals surface area contributed by atoms with Crippen LogP contribution in [0.4, 0.5) is 0 Å². The molecule has 15 heavy (non-hydrogen) atoms. The summed E-state index contributed by atoms with van der Waals surface area (Å²) in [7, 11) is 0. The molecule has 1 radical (unpaired) electrons. The minimum Gasteiger partial charge on any atom is -0.381 e. The van der Waals surface area contributed by atoms with Crippen molar-refractivity contribution in [1.82, 2.24) is 0 Å². The van der Waals surface area contributed by atoms with Gasteiger partial charge in [-0.1, -0.05) is 13.3 Å². The first-order chi connectivity index (χ1) is 7.35. The second kappa shape index (κ2) is 12.0. The first-order valence-corrected chi connectivity index (χ1v) is 5.91. The maximum Gasteiger partial charge on any atom is 0.0830 e. The summed E-state index contributed by atoms with van der Waals surface area (Å²) in [5.41, 5.74) is 0. The Balaban J connectivity index is 3.38. The predicted molar refractivity (Wildman–Crippen MR) is 61.9 cm³/mol. The Kier molecular flexibility index (Phi) is 11.9. The normalized spacial score (nSPS) is 13.0. The molecule has 0 aromatic carbocycles. The van der Waals surface area contributed by atoms with E-state index in [9.17, 15) is 0 Å². The Labute approximate surface area is 94.1 Å². The molecule has 0 N–H and O–H groups in total. The van der Waals surface area contributed by atoms with Gasteiger partial charge in [-0.05, 0) is 26.7 Å². The zero-order chi connectivity index (χ0) is 11.4. The molecule has 0 heterocycles. The molecular weight excluding hydrogens is 192 g/mol. The van der Waals surface area contributed by atoms with Gasteiger partial charge in [0, 0.05) is 26.4 Å². The van der Waals surface area contributed by atoms with Crippen LogP contribution in [0.5, 0.6) is 0 Å². The van der Waals surface area contributed by atoms with E-state index in [0.29, 0.717) is 13.2 Å². The van der Waals surface area contributed by atoms with Crippen LogP contribution in [0, 0.1) is 6.92 Å². The van der Waals surface area contributed by atoms with E-state index in [0.717, 1.165) is 32.7 Å². The molecule has 0 aliphatic heterocycles. The molecule has 1 atom stereocenters. The number of rotatable bonds is 11. The van der Waals surface area contributed by atoms with Gasteiger partial charge in [-0.3, -0.25) is 0 Å². The molecule has 3 nitrogen and oxygen atoms in total. The van der Waals surface area contributed by atoms with Crippen LogP contribution in [-0.4, -0.2) is 39.1 Å². The molecule has 1 unspecified atom stereocenters. The van der Waals surface area contributed by atoms with Crippen LogP contribution < -0.4 is 0 Å². The van der Waals surface area contributed by atoms with Gasteiger partial charge in [0.2, 0.25) is 0 Å². The van der Waals surface area contributed by atoms with Crippen LogP contribution in [0.3, 0.4) is 0 Å². The topological polar surface area (TPSA) is 27.7 Å². The fraction of sp³-hybridized carbons (Fsp3) is 0.917. The summed E-state index contributed by atoms with van der Waals surface area (Å²) in [5, 5.41) is 0. The average molecular weight is 217 g/mol. The van der Waals surface area contributed by atoms with E-state index in [1.54, 1.807) is 0 Å². The van der Waals surface area contributed by atoms with E-state index < -0.39 is 0 Å². The van der Waals surface area contributed by atoms with E-state index in [2.05, 4.69) is 13.8 Å². The third-order valence-electron chi connectivity index (χ3n) is 2.08. The minimum atomic E-state index is 0.151. The minimum absolute atomic E-state index is 0.151. The first kappa shape index (κ1) is 14.9. The van der Waals surface area contributed by atoms with Crippen molar-refractivity contribution in [2.45, 2.75) is 39.2 Å². The van der Waals surface area contributed by atoms with E-state index in [4.69, 9.17) is 14.2 Å². The number of hydrogen-bond donors (Lipinski definition) is 0. The summed E-state index contributed by atoms with van der Waals surface area (Å²) in [6.07, 6.45) is 3.37. The van der Waals surface area contributed by atoms with E-state index in [-0.39, 0.29) is 6.10 Å². The summed E-state index contributed by atoms with van der Waals surface area (Å²) in [4.78, 5) is 0. The maximum absolute atomic E-state index is 5.52. The van der Waals surface area contributed by atoms with Crippen LogP contribution in [0.25, 0.3) is 0 Å². The second-order valence-electron chi connectivity index (χ2n) is 3.41. The lowest BCUT2D eigenvalue weighted by Gasteiger charge is -2.16. The molecule has 0 aliphatic rings. The lowest BCUT2D eigenvalue weighted by atomic mass is 10.3. The highest BCUT2D eigenvalue weighted by Crippen LogP contribution is 2.01. The molecule has 3 heteroatoms. The van der Waals surface area contributed by atoms with Gasteiger partial charge in [0.1, 0.15) is 0 Å². The molecule has 0 aromatic rings. The molecule has 0 fully saturated rings. The largest absolute Gasteiger partial charge is 0.381 e. The smallest absolute Gasteiger partial charge is 0.0830 e. The second-order valence-corrected chi connectivity index (χ2v) is 3.41. The van der Waals surface area contributed by atoms with Crippen LogP contribution in [0.2, 0.25) is 0 Å². The highest BCUT2D eigenvalue weighted by molar-refractivity contribution is 4.56. The monoisotopic (exact) mass is 217 g/mol. The van der Waals surface area contributed by atoms with Gasteiger partial charge in [0.15, 0.2) is 0 Å². The highest BCUT2D eigenvalue weighted by atomic mass is 16.5. The van der Waals surface area contributed by atoms with Crippen molar-refractivity contribution in [3.8, 4) is 0 Å². The van der Waals surface area contributed by atoms with E-state index in [1.165, 1.54) is 6.42 Å². The summed E-state index contributed by atoms with van der Waals surface area (Å²) >= 11 is 0. The van der Waals surface area contributed by atoms with Gasteiger partial charge in [0.05, 0.1) is 12.7 Å². The molecule has 91 valence electrons. The maximum atomic E-state index is 5.52.